The fourth-order valence-corrected chi connectivity index (χ4v) is 7.76. The van der Waals surface area contributed by atoms with Crippen molar-refractivity contribution in [2.45, 2.75) is 18.7 Å². The molecule has 8 nitrogen and oxygen atoms in total. The van der Waals surface area contributed by atoms with Gasteiger partial charge in [-0.05, 0) is 48.9 Å². The average molecular weight is 498 g/mol. The second-order valence-electron chi connectivity index (χ2n) is 8.10. The van der Waals surface area contributed by atoms with Crippen molar-refractivity contribution in [2.24, 2.45) is 5.92 Å². The van der Waals surface area contributed by atoms with E-state index in [0.29, 0.717) is 36.8 Å². The summed E-state index contributed by atoms with van der Waals surface area (Å²) in [6.45, 7) is 4.84. The van der Waals surface area contributed by atoms with Crippen molar-refractivity contribution in [3.8, 4) is 0 Å². The molecule has 0 spiro atoms. The summed E-state index contributed by atoms with van der Waals surface area (Å²) < 4.78 is 53.5. The van der Waals surface area contributed by atoms with Gasteiger partial charge in [-0.25, -0.2) is 21.1 Å². The molecular formula is C21H24ClN3O5S2. The highest BCUT2D eigenvalue weighted by atomic mass is 35.5. The molecule has 32 heavy (non-hydrogen) atoms. The highest BCUT2D eigenvalue weighted by Crippen LogP contribution is 2.32. The first-order chi connectivity index (χ1) is 15.0. The molecule has 2 aromatic carbocycles. The lowest BCUT2D eigenvalue weighted by atomic mass is 10.2. The van der Waals surface area contributed by atoms with Gasteiger partial charge in [0.1, 0.15) is 0 Å². The minimum atomic E-state index is -3.77. The molecule has 0 bridgehead atoms. The lowest BCUT2D eigenvalue weighted by Gasteiger charge is -2.35. The molecule has 1 atom stereocenters. The van der Waals surface area contributed by atoms with Gasteiger partial charge in [0.15, 0.2) is 0 Å². The minimum Gasteiger partial charge on any atom is -0.369 e. The lowest BCUT2D eigenvalue weighted by molar-refractivity contribution is -0.119. The van der Waals surface area contributed by atoms with Gasteiger partial charge in [-0.1, -0.05) is 24.6 Å². The number of piperazine rings is 1. The molecule has 0 saturated carbocycles. The zero-order chi connectivity index (χ0) is 23.3. The van der Waals surface area contributed by atoms with Crippen LogP contribution in [0.4, 0.5) is 11.4 Å². The standard InChI is InChI=1S/C21H24ClN3O5S2/c1-15-12-19(25-21(26)16(2)14-31(25,27)28)6-7-20(15)32(29,30)24-10-8-23(9-11-24)18-5-3-4-17(22)13-18/h3-7,12-13,16H,8-11,14H2,1-2H3. The van der Waals surface area contributed by atoms with Gasteiger partial charge in [-0.15, -0.1) is 0 Å². The third-order valence-corrected chi connectivity index (χ3v) is 9.95. The monoisotopic (exact) mass is 497 g/mol. The number of rotatable bonds is 4. The van der Waals surface area contributed by atoms with Crippen molar-refractivity contribution in [1.29, 1.82) is 0 Å². The molecule has 0 N–H and O–H groups in total. The molecule has 11 heteroatoms. The highest BCUT2D eigenvalue weighted by molar-refractivity contribution is 7.94. The van der Waals surface area contributed by atoms with Crippen LogP contribution in [0.2, 0.25) is 5.02 Å². The Hall–Kier alpha value is -2.14. The number of sulfonamides is 2. The number of nitrogens with zero attached hydrogens (tertiary/aromatic N) is 3. The van der Waals surface area contributed by atoms with Crippen LogP contribution in [0.3, 0.4) is 0 Å². The van der Waals surface area contributed by atoms with Gasteiger partial charge in [0, 0.05) is 36.9 Å². The Bertz CT molecular complexity index is 1270. The van der Waals surface area contributed by atoms with E-state index in [1.807, 2.05) is 18.2 Å². The molecule has 1 unspecified atom stereocenters. The van der Waals surface area contributed by atoms with E-state index in [0.717, 1.165) is 9.99 Å². The molecular weight excluding hydrogens is 474 g/mol. The molecule has 2 aromatic rings. The maximum absolute atomic E-state index is 13.3. The van der Waals surface area contributed by atoms with Crippen LogP contribution in [-0.4, -0.2) is 59.0 Å². The number of carbonyl (C=O) groups excluding carboxylic acids is 1. The molecule has 2 saturated heterocycles. The molecule has 172 valence electrons. The van der Waals surface area contributed by atoms with E-state index in [-0.39, 0.29) is 16.3 Å². The molecule has 2 aliphatic heterocycles. The Morgan fingerprint density at radius 3 is 2.25 bits per heavy atom. The van der Waals surface area contributed by atoms with Crippen LogP contribution >= 0.6 is 11.6 Å². The van der Waals surface area contributed by atoms with Crippen LogP contribution in [0.5, 0.6) is 0 Å². The topological polar surface area (TPSA) is 95.1 Å². The zero-order valence-electron chi connectivity index (χ0n) is 17.7. The summed E-state index contributed by atoms with van der Waals surface area (Å²) in [5.41, 5.74) is 1.50. The number of halogens is 1. The van der Waals surface area contributed by atoms with Crippen LogP contribution in [0.25, 0.3) is 0 Å². The first-order valence-electron chi connectivity index (χ1n) is 10.2. The molecule has 2 fully saturated rings. The molecule has 1 amide bonds. The summed E-state index contributed by atoms with van der Waals surface area (Å²) in [6, 6.07) is 11.7. The fourth-order valence-electron chi connectivity index (χ4n) is 4.13. The number of amides is 1. The van der Waals surface area contributed by atoms with E-state index in [2.05, 4.69) is 4.90 Å². The molecule has 4 rings (SSSR count). The Balaban J connectivity index is 1.54. The Labute approximate surface area is 193 Å². The summed E-state index contributed by atoms with van der Waals surface area (Å²) in [6.07, 6.45) is 0. The van der Waals surface area contributed by atoms with Gasteiger partial charge in [0.25, 0.3) is 0 Å². The van der Waals surface area contributed by atoms with Gasteiger partial charge >= 0.3 is 0 Å². The van der Waals surface area contributed by atoms with Crippen molar-refractivity contribution in [2.75, 3.05) is 41.1 Å². The maximum Gasteiger partial charge on any atom is 0.244 e. The van der Waals surface area contributed by atoms with E-state index in [1.165, 1.54) is 22.5 Å². The van der Waals surface area contributed by atoms with Gasteiger partial charge in [-0.2, -0.15) is 4.31 Å². The predicted octanol–water partition coefficient (Wildman–Crippen LogP) is 2.47. The van der Waals surface area contributed by atoms with Crippen molar-refractivity contribution >= 4 is 48.9 Å². The molecule has 2 aliphatic rings. The third-order valence-electron chi connectivity index (χ3n) is 5.78. The summed E-state index contributed by atoms with van der Waals surface area (Å²) >= 11 is 6.06. The summed E-state index contributed by atoms with van der Waals surface area (Å²) in [5, 5.41) is 0.626. The second kappa shape index (κ2) is 8.33. The van der Waals surface area contributed by atoms with Crippen LogP contribution in [-0.2, 0) is 24.8 Å². The van der Waals surface area contributed by atoms with Gasteiger partial charge in [0.05, 0.1) is 22.3 Å². The Kier molecular flexibility index (Phi) is 6.00. The maximum atomic E-state index is 13.3. The van der Waals surface area contributed by atoms with Gasteiger partial charge in [-0.3, -0.25) is 4.79 Å². The number of anilines is 2. The first-order valence-corrected chi connectivity index (χ1v) is 13.6. The van der Waals surface area contributed by atoms with Gasteiger partial charge < -0.3 is 4.90 Å². The van der Waals surface area contributed by atoms with Crippen molar-refractivity contribution in [3.63, 3.8) is 0 Å². The average Bonchev–Trinajstić information content (AvgIpc) is 2.94. The molecule has 0 aliphatic carbocycles. The van der Waals surface area contributed by atoms with E-state index >= 15 is 0 Å². The van der Waals surface area contributed by atoms with Crippen LogP contribution < -0.4 is 9.21 Å². The number of aryl methyl sites for hydroxylation is 1. The smallest absolute Gasteiger partial charge is 0.244 e. The lowest BCUT2D eigenvalue weighted by Crippen LogP contribution is -2.48. The Morgan fingerprint density at radius 1 is 1.00 bits per heavy atom. The molecule has 0 radical (unpaired) electrons. The van der Waals surface area contributed by atoms with Gasteiger partial charge in [0.2, 0.25) is 26.0 Å². The van der Waals surface area contributed by atoms with E-state index in [1.54, 1.807) is 19.9 Å². The largest absolute Gasteiger partial charge is 0.369 e. The zero-order valence-corrected chi connectivity index (χ0v) is 20.1. The quantitative estimate of drug-likeness (QED) is 0.644. The molecule has 2 heterocycles. The van der Waals surface area contributed by atoms with E-state index < -0.39 is 31.9 Å². The van der Waals surface area contributed by atoms with Crippen molar-refractivity contribution in [3.05, 3.63) is 53.1 Å². The number of carbonyl (C=O) groups is 1. The first kappa shape index (κ1) is 23.0. The van der Waals surface area contributed by atoms with Crippen LogP contribution in [0.1, 0.15) is 12.5 Å². The number of hydrogen-bond acceptors (Lipinski definition) is 6. The van der Waals surface area contributed by atoms with E-state index in [9.17, 15) is 21.6 Å². The predicted molar refractivity (Wildman–Crippen MR) is 124 cm³/mol. The summed E-state index contributed by atoms with van der Waals surface area (Å²) in [4.78, 5) is 14.5. The highest BCUT2D eigenvalue weighted by Gasteiger charge is 2.42. The van der Waals surface area contributed by atoms with Crippen molar-refractivity contribution < 1.29 is 21.6 Å². The number of hydrogen-bond donors (Lipinski definition) is 0. The molecule has 0 aromatic heterocycles. The van der Waals surface area contributed by atoms with Crippen LogP contribution in [0, 0.1) is 12.8 Å². The fraction of sp³-hybridized carbons (Fsp3) is 0.381. The summed E-state index contributed by atoms with van der Waals surface area (Å²) in [7, 11) is -7.52. The van der Waals surface area contributed by atoms with E-state index in [4.69, 9.17) is 11.6 Å². The normalized spacial score (nSPS) is 21.8. The SMILES string of the molecule is Cc1cc(N2C(=O)C(C)CS2(=O)=O)ccc1S(=O)(=O)N1CCN(c2cccc(Cl)c2)CC1. The minimum absolute atomic E-state index is 0.106. The Morgan fingerprint density at radius 2 is 1.69 bits per heavy atom. The second-order valence-corrected chi connectivity index (χ2v) is 12.3. The van der Waals surface area contributed by atoms with Crippen molar-refractivity contribution in [1.82, 2.24) is 4.31 Å². The third kappa shape index (κ3) is 4.12. The summed E-state index contributed by atoms with van der Waals surface area (Å²) in [5.74, 6) is -1.38. The number of benzene rings is 2. The van der Waals surface area contributed by atoms with Crippen LogP contribution in [0.15, 0.2) is 47.4 Å².